The highest BCUT2D eigenvalue weighted by atomic mass is 32.2. The van der Waals surface area contributed by atoms with Gasteiger partial charge in [-0.2, -0.15) is 0 Å². The van der Waals surface area contributed by atoms with Crippen molar-refractivity contribution in [1.29, 1.82) is 0 Å². The van der Waals surface area contributed by atoms with Gasteiger partial charge in [0, 0.05) is 18.0 Å². The summed E-state index contributed by atoms with van der Waals surface area (Å²) < 4.78 is 1.02. The SMILES string of the molecule is Cc1ccc(SC(=S)N2CCCC2)cc1. The first kappa shape index (κ1) is 11.0. The summed E-state index contributed by atoms with van der Waals surface area (Å²) >= 11 is 7.12. The molecule has 0 aliphatic carbocycles. The van der Waals surface area contributed by atoms with Crippen molar-refractivity contribution in [3.8, 4) is 0 Å². The standard InChI is InChI=1S/C12H15NS2/c1-10-4-6-11(7-5-10)15-12(14)13-8-2-3-9-13/h4-7H,2-3,8-9H2,1H3. The second-order valence-electron chi connectivity index (χ2n) is 3.88. The lowest BCUT2D eigenvalue weighted by Gasteiger charge is -2.17. The molecule has 2 rings (SSSR count). The molecule has 1 fully saturated rings. The Balaban J connectivity index is 1.96. The molecule has 15 heavy (non-hydrogen) atoms. The maximum absolute atomic E-state index is 5.42. The second kappa shape index (κ2) is 4.99. The van der Waals surface area contributed by atoms with E-state index in [1.807, 2.05) is 0 Å². The van der Waals surface area contributed by atoms with Crippen LogP contribution in [0.2, 0.25) is 0 Å². The van der Waals surface area contributed by atoms with Crippen LogP contribution >= 0.6 is 24.0 Å². The van der Waals surface area contributed by atoms with Gasteiger partial charge >= 0.3 is 0 Å². The van der Waals surface area contributed by atoms with Crippen LogP contribution < -0.4 is 0 Å². The molecule has 1 aliphatic heterocycles. The minimum Gasteiger partial charge on any atom is -0.357 e. The molecular formula is C12H15NS2. The van der Waals surface area contributed by atoms with Gasteiger partial charge in [0.2, 0.25) is 0 Å². The molecule has 0 amide bonds. The Morgan fingerprint density at radius 3 is 2.40 bits per heavy atom. The average Bonchev–Trinajstić information content (AvgIpc) is 2.74. The lowest BCUT2D eigenvalue weighted by molar-refractivity contribution is 0.539. The summed E-state index contributed by atoms with van der Waals surface area (Å²) in [7, 11) is 0. The van der Waals surface area contributed by atoms with Crippen LogP contribution in [0.1, 0.15) is 18.4 Å². The highest BCUT2D eigenvalue weighted by molar-refractivity contribution is 8.22. The smallest absolute Gasteiger partial charge is 0.141 e. The summed E-state index contributed by atoms with van der Waals surface area (Å²) in [6.45, 7) is 4.38. The van der Waals surface area contributed by atoms with E-state index < -0.39 is 0 Å². The first-order chi connectivity index (χ1) is 7.25. The summed E-state index contributed by atoms with van der Waals surface area (Å²) in [5.41, 5.74) is 1.30. The Hall–Kier alpha value is -0.540. The van der Waals surface area contributed by atoms with Gasteiger partial charge in [0.25, 0.3) is 0 Å². The van der Waals surface area contributed by atoms with Crippen molar-refractivity contribution in [3.63, 3.8) is 0 Å². The molecule has 0 spiro atoms. The maximum atomic E-state index is 5.42. The molecule has 1 saturated heterocycles. The third-order valence-corrected chi connectivity index (χ3v) is 4.04. The van der Waals surface area contributed by atoms with Gasteiger partial charge in [-0.1, -0.05) is 41.7 Å². The molecule has 1 aromatic rings. The fraction of sp³-hybridized carbons (Fsp3) is 0.417. The van der Waals surface area contributed by atoms with Crippen molar-refractivity contribution in [2.24, 2.45) is 0 Å². The van der Waals surface area contributed by atoms with E-state index in [9.17, 15) is 0 Å². The Labute approximate surface area is 101 Å². The lowest BCUT2D eigenvalue weighted by Crippen LogP contribution is -2.22. The molecule has 1 aromatic carbocycles. The monoisotopic (exact) mass is 237 g/mol. The third-order valence-electron chi connectivity index (χ3n) is 2.59. The molecule has 3 heteroatoms. The van der Waals surface area contributed by atoms with Gasteiger partial charge in [-0.3, -0.25) is 0 Å². The fourth-order valence-electron chi connectivity index (χ4n) is 1.67. The molecule has 0 unspecified atom stereocenters. The van der Waals surface area contributed by atoms with Crippen LogP contribution in [0.15, 0.2) is 29.2 Å². The highest BCUT2D eigenvalue weighted by Crippen LogP contribution is 2.24. The van der Waals surface area contributed by atoms with Crippen LogP contribution in [0.25, 0.3) is 0 Å². The number of hydrogen-bond donors (Lipinski definition) is 0. The van der Waals surface area contributed by atoms with Crippen molar-refractivity contribution >= 4 is 28.3 Å². The van der Waals surface area contributed by atoms with Gasteiger partial charge in [-0.25, -0.2) is 0 Å². The zero-order valence-corrected chi connectivity index (χ0v) is 10.5. The van der Waals surface area contributed by atoms with Crippen LogP contribution in [0.3, 0.4) is 0 Å². The molecule has 1 heterocycles. The van der Waals surface area contributed by atoms with Gasteiger partial charge in [0.15, 0.2) is 0 Å². The van der Waals surface area contributed by atoms with E-state index in [0.29, 0.717) is 0 Å². The molecule has 0 saturated carbocycles. The second-order valence-corrected chi connectivity index (χ2v) is 5.58. The van der Waals surface area contributed by atoms with Gasteiger partial charge in [-0.15, -0.1) is 0 Å². The van der Waals surface area contributed by atoms with E-state index >= 15 is 0 Å². The number of thiocarbonyl (C=S) groups is 1. The number of benzene rings is 1. The van der Waals surface area contributed by atoms with Crippen LogP contribution in [0, 0.1) is 6.92 Å². The van der Waals surface area contributed by atoms with Crippen LogP contribution in [0.4, 0.5) is 0 Å². The summed E-state index contributed by atoms with van der Waals surface area (Å²) in [4.78, 5) is 3.55. The quantitative estimate of drug-likeness (QED) is 0.544. The zero-order chi connectivity index (χ0) is 10.7. The molecule has 0 N–H and O–H groups in total. The molecule has 0 atom stereocenters. The third kappa shape index (κ3) is 2.95. The number of rotatable bonds is 1. The average molecular weight is 237 g/mol. The minimum absolute atomic E-state index is 1.02. The topological polar surface area (TPSA) is 3.24 Å². The number of nitrogens with zero attached hydrogens (tertiary/aromatic N) is 1. The lowest BCUT2D eigenvalue weighted by atomic mass is 10.2. The molecule has 0 bridgehead atoms. The fourth-order valence-corrected chi connectivity index (χ4v) is 2.93. The van der Waals surface area contributed by atoms with Crippen molar-refractivity contribution in [3.05, 3.63) is 29.8 Å². The van der Waals surface area contributed by atoms with Gasteiger partial charge in [-0.05, 0) is 31.9 Å². The number of aryl methyl sites for hydroxylation is 1. The van der Waals surface area contributed by atoms with Crippen molar-refractivity contribution in [2.45, 2.75) is 24.7 Å². The van der Waals surface area contributed by atoms with Gasteiger partial charge in [0.1, 0.15) is 4.32 Å². The normalized spacial score (nSPS) is 15.7. The van der Waals surface area contributed by atoms with E-state index in [0.717, 1.165) is 17.4 Å². The van der Waals surface area contributed by atoms with Gasteiger partial charge < -0.3 is 4.90 Å². The van der Waals surface area contributed by atoms with Crippen LogP contribution in [0.5, 0.6) is 0 Å². The predicted molar refractivity (Wildman–Crippen MR) is 70.4 cm³/mol. The van der Waals surface area contributed by atoms with E-state index in [4.69, 9.17) is 12.2 Å². The summed E-state index contributed by atoms with van der Waals surface area (Å²) in [6.07, 6.45) is 2.57. The summed E-state index contributed by atoms with van der Waals surface area (Å²) in [5.74, 6) is 0. The number of likely N-dealkylation sites (tertiary alicyclic amines) is 1. The molecule has 0 radical (unpaired) electrons. The highest BCUT2D eigenvalue weighted by Gasteiger charge is 2.15. The Bertz CT molecular complexity index is 339. The minimum atomic E-state index is 1.02. The van der Waals surface area contributed by atoms with E-state index in [1.54, 1.807) is 11.8 Å². The summed E-state index contributed by atoms with van der Waals surface area (Å²) in [5, 5.41) is 0. The first-order valence-corrected chi connectivity index (χ1v) is 6.51. The first-order valence-electron chi connectivity index (χ1n) is 5.29. The Morgan fingerprint density at radius 2 is 1.80 bits per heavy atom. The largest absolute Gasteiger partial charge is 0.357 e. The Kier molecular flexibility index (Phi) is 3.65. The number of hydrogen-bond acceptors (Lipinski definition) is 2. The molecule has 80 valence electrons. The molecular weight excluding hydrogens is 222 g/mol. The summed E-state index contributed by atoms with van der Waals surface area (Å²) in [6, 6.07) is 8.55. The predicted octanol–water partition coefficient (Wildman–Crippen LogP) is 3.47. The molecule has 1 nitrogen and oxygen atoms in total. The Morgan fingerprint density at radius 1 is 1.20 bits per heavy atom. The van der Waals surface area contributed by atoms with Crippen molar-refractivity contribution in [2.75, 3.05) is 13.1 Å². The number of thioether (sulfide) groups is 1. The van der Waals surface area contributed by atoms with Crippen LogP contribution in [-0.4, -0.2) is 22.3 Å². The molecule has 0 aromatic heterocycles. The maximum Gasteiger partial charge on any atom is 0.141 e. The zero-order valence-electron chi connectivity index (χ0n) is 8.90. The molecule has 1 aliphatic rings. The van der Waals surface area contributed by atoms with Crippen LogP contribution in [-0.2, 0) is 0 Å². The van der Waals surface area contributed by atoms with E-state index in [2.05, 4.69) is 36.1 Å². The van der Waals surface area contributed by atoms with Crippen molar-refractivity contribution in [1.82, 2.24) is 4.90 Å². The van der Waals surface area contributed by atoms with E-state index in [-0.39, 0.29) is 0 Å². The van der Waals surface area contributed by atoms with Gasteiger partial charge in [0.05, 0.1) is 0 Å². The van der Waals surface area contributed by atoms with Crippen molar-refractivity contribution < 1.29 is 0 Å². The van der Waals surface area contributed by atoms with E-state index in [1.165, 1.54) is 23.3 Å².